The zero-order valence-corrected chi connectivity index (χ0v) is 8.72. The Labute approximate surface area is 95.7 Å². The van der Waals surface area contributed by atoms with Crippen LogP contribution in [-0.2, 0) is 4.65 Å². The largest absolute Gasteiger partial charge is 0.508 e. The zero-order valence-electron chi connectivity index (χ0n) is 7.96. The highest BCUT2D eigenvalue weighted by Crippen LogP contribution is 2.33. The van der Waals surface area contributed by atoms with Gasteiger partial charge in [-0.25, -0.2) is 0 Å². The number of phenols is 1. The molecule has 0 spiro atoms. The number of benzene rings is 1. The first-order chi connectivity index (χ1) is 7.50. The van der Waals surface area contributed by atoms with Crippen LogP contribution in [0.3, 0.4) is 0 Å². The van der Waals surface area contributed by atoms with Crippen LogP contribution in [0.5, 0.6) is 5.75 Å². The van der Waals surface area contributed by atoms with Crippen molar-refractivity contribution in [3.63, 3.8) is 0 Å². The number of aromatic hydroxyl groups is 1. The van der Waals surface area contributed by atoms with Crippen molar-refractivity contribution in [1.82, 2.24) is 0 Å². The molecule has 8 heteroatoms. The third-order valence-corrected chi connectivity index (χ3v) is 2.72. The molecule has 2 N–H and O–H groups in total. The lowest BCUT2D eigenvalue weighted by molar-refractivity contribution is -0.490. The topological polar surface area (TPSA) is 92.8 Å². The lowest BCUT2D eigenvalue weighted by Gasteiger charge is -2.08. The van der Waals surface area contributed by atoms with Gasteiger partial charge in [0, 0.05) is 21.0 Å². The molecule has 1 aliphatic heterocycles. The molecule has 1 aromatic rings. The van der Waals surface area contributed by atoms with Gasteiger partial charge in [0.05, 0.1) is 0 Å². The smallest absolute Gasteiger partial charge is 0.496 e. The second-order valence-electron chi connectivity index (χ2n) is 3.39. The molecule has 0 aromatic heterocycles. The fourth-order valence-electron chi connectivity index (χ4n) is 1.75. The second-order valence-corrected chi connectivity index (χ2v) is 3.79. The highest BCUT2D eigenvalue weighted by Gasteiger charge is 2.41. The molecular formula is C8H7BClNO5. The number of halogens is 1. The predicted molar refractivity (Wildman–Crippen MR) is 56.4 cm³/mol. The average Bonchev–Trinajstić information content (AvgIpc) is 2.49. The minimum atomic E-state index is -1.38. The highest BCUT2D eigenvalue weighted by molar-refractivity contribution is 6.63. The van der Waals surface area contributed by atoms with E-state index in [1.165, 1.54) is 12.1 Å². The van der Waals surface area contributed by atoms with E-state index in [0.717, 1.165) is 0 Å². The SMILES string of the molecule is O=[N+]([O-])CC1OB(O)c2c(O)ccc(Cl)c21. The van der Waals surface area contributed by atoms with Gasteiger partial charge in [-0.3, -0.25) is 10.1 Å². The molecule has 1 atom stereocenters. The van der Waals surface area contributed by atoms with Crippen molar-refractivity contribution >= 4 is 24.2 Å². The van der Waals surface area contributed by atoms with E-state index < -0.39 is 24.7 Å². The summed E-state index contributed by atoms with van der Waals surface area (Å²) in [5.41, 5.74) is 0.394. The maximum absolute atomic E-state index is 10.4. The molecule has 16 heavy (non-hydrogen) atoms. The van der Waals surface area contributed by atoms with Gasteiger partial charge in [-0.05, 0) is 12.1 Å². The van der Waals surface area contributed by atoms with E-state index in [-0.39, 0.29) is 21.8 Å². The van der Waals surface area contributed by atoms with Gasteiger partial charge in [0.1, 0.15) is 11.9 Å². The minimum Gasteiger partial charge on any atom is -0.508 e. The van der Waals surface area contributed by atoms with E-state index in [1.807, 2.05) is 0 Å². The number of hydrogen-bond acceptors (Lipinski definition) is 5. The first kappa shape index (κ1) is 11.2. The van der Waals surface area contributed by atoms with Gasteiger partial charge in [0.15, 0.2) is 0 Å². The lowest BCUT2D eigenvalue weighted by atomic mass is 9.78. The molecule has 1 aliphatic rings. The van der Waals surface area contributed by atoms with Crippen LogP contribution in [-0.4, -0.2) is 28.7 Å². The van der Waals surface area contributed by atoms with E-state index in [9.17, 15) is 20.2 Å². The Morgan fingerprint density at radius 2 is 2.31 bits per heavy atom. The summed E-state index contributed by atoms with van der Waals surface area (Å²) in [5, 5.41) is 29.7. The van der Waals surface area contributed by atoms with Crippen molar-refractivity contribution in [3.05, 3.63) is 32.8 Å². The Morgan fingerprint density at radius 1 is 1.62 bits per heavy atom. The molecule has 0 radical (unpaired) electrons. The van der Waals surface area contributed by atoms with Crippen molar-refractivity contribution in [1.29, 1.82) is 0 Å². The maximum atomic E-state index is 10.4. The second kappa shape index (κ2) is 3.93. The van der Waals surface area contributed by atoms with Crippen LogP contribution in [0, 0.1) is 10.1 Å². The van der Waals surface area contributed by atoms with E-state index in [0.29, 0.717) is 0 Å². The summed E-state index contributed by atoms with van der Waals surface area (Å²) in [6.45, 7) is -0.507. The fraction of sp³-hybridized carbons (Fsp3) is 0.250. The summed E-state index contributed by atoms with van der Waals surface area (Å²) in [6.07, 6.45) is -0.931. The average molecular weight is 243 g/mol. The molecule has 2 rings (SSSR count). The molecule has 6 nitrogen and oxygen atoms in total. The van der Waals surface area contributed by atoms with Crippen LogP contribution in [0.15, 0.2) is 12.1 Å². The summed E-state index contributed by atoms with van der Waals surface area (Å²) in [4.78, 5) is 9.84. The number of hydrogen-bond donors (Lipinski definition) is 2. The molecule has 0 bridgehead atoms. The quantitative estimate of drug-likeness (QED) is 0.436. The monoisotopic (exact) mass is 243 g/mol. The molecular weight excluding hydrogens is 236 g/mol. The van der Waals surface area contributed by atoms with Crippen LogP contribution in [0.1, 0.15) is 11.7 Å². The van der Waals surface area contributed by atoms with E-state index >= 15 is 0 Å². The minimum absolute atomic E-state index is 0.111. The molecule has 0 saturated carbocycles. The summed E-state index contributed by atoms with van der Waals surface area (Å²) in [5.74, 6) is -0.183. The van der Waals surface area contributed by atoms with Crippen LogP contribution >= 0.6 is 11.6 Å². The number of fused-ring (bicyclic) bond motifs is 1. The molecule has 0 amide bonds. The number of nitro groups is 1. The van der Waals surface area contributed by atoms with Crippen LogP contribution in [0.4, 0.5) is 0 Å². The summed E-state index contributed by atoms with van der Waals surface area (Å²) >= 11 is 5.86. The van der Waals surface area contributed by atoms with E-state index in [2.05, 4.69) is 0 Å². The molecule has 1 unspecified atom stereocenters. The fourth-order valence-corrected chi connectivity index (χ4v) is 2.03. The van der Waals surface area contributed by atoms with Crippen molar-refractivity contribution in [2.24, 2.45) is 0 Å². The van der Waals surface area contributed by atoms with Crippen molar-refractivity contribution < 1.29 is 19.7 Å². The summed E-state index contributed by atoms with van der Waals surface area (Å²) in [6, 6.07) is 2.71. The van der Waals surface area contributed by atoms with Crippen LogP contribution in [0.2, 0.25) is 5.02 Å². The predicted octanol–water partition coefficient (Wildman–Crippen LogP) is 0.0811. The van der Waals surface area contributed by atoms with Gasteiger partial charge >= 0.3 is 7.12 Å². The Balaban J connectivity index is 2.48. The van der Waals surface area contributed by atoms with Gasteiger partial charge in [0.25, 0.3) is 0 Å². The molecule has 1 heterocycles. The normalized spacial score (nSPS) is 18.6. The third-order valence-electron chi connectivity index (χ3n) is 2.39. The zero-order chi connectivity index (χ0) is 11.9. The van der Waals surface area contributed by atoms with Crippen molar-refractivity contribution in [2.75, 3.05) is 6.54 Å². The molecule has 0 fully saturated rings. The van der Waals surface area contributed by atoms with E-state index in [1.54, 1.807) is 0 Å². The standard InChI is InChI=1S/C8H7BClNO5/c10-4-1-2-5(12)8-7(4)6(3-11(14)15)16-9(8)13/h1-2,6,12-13H,3H2. The molecule has 0 saturated heterocycles. The molecule has 1 aromatic carbocycles. The Bertz CT molecular complexity index is 454. The van der Waals surface area contributed by atoms with Crippen LogP contribution < -0.4 is 5.46 Å². The maximum Gasteiger partial charge on any atom is 0.496 e. The van der Waals surface area contributed by atoms with Crippen LogP contribution in [0.25, 0.3) is 0 Å². The number of phenolic OH excluding ortho intramolecular Hbond substituents is 1. The molecule has 0 aliphatic carbocycles. The first-order valence-corrected chi connectivity index (χ1v) is 4.85. The van der Waals surface area contributed by atoms with Gasteiger partial charge in [0.2, 0.25) is 6.54 Å². The van der Waals surface area contributed by atoms with Gasteiger partial charge in [-0.2, -0.15) is 0 Å². The summed E-state index contributed by atoms with van der Waals surface area (Å²) < 4.78 is 4.97. The third kappa shape index (κ3) is 1.73. The van der Waals surface area contributed by atoms with Gasteiger partial charge < -0.3 is 14.8 Å². The Kier molecular flexibility index (Phi) is 2.75. The molecule has 84 valence electrons. The van der Waals surface area contributed by atoms with Crippen molar-refractivity contribution in [3.8, 4) is 5.75 Å². The number of rotatable bonds is 2. The lowest BCUT2D eigenvalue weighted by Crippen LogP contribution is -2.28. The van der Waals surface area contributed by atoms with E-state index in [4.69, 9.17) is 16.3 Å². The van der Waals surface area contributed by atoms with Crippen molar-refractivity contribution in [2.45, 2.75) is 6.10 Å². The Morgan fingerprint density at radius 3 is 2.94 bits per heavy atom. The summed E-state index contributed by atoms with van der Waals surface area (Å²) in [7, 11) is -1.38. The number of nitrogens with zero attached hydrogens (tertiary/aromatic N) is 1. The Hall–Kier alpha value is -1.31. The van der Waals surface area contributed by atoms with Gasteiger partial charge in [-0.15, -0.1) is 0 Å². The van der Waals surface area contributed by atoms with Gasteiger partial charge in [-0.1, -0.05) is 11.6 Å². The highest BCUT2D eigenvalue weighted by atomic mass is 35.5. The first-order valence-electron chi connectivity index (χ1n) is 4.47.